The van der Waals surface area contributed by atoms with Crippen molar-refractivity contribution in [3.63, 3.8) is 0 Å². The number of rotatable bonds is 5. The minimum Gasteiger partial charge on any atom is -0.469 e. The zero-order chi connectivity index (χ0) is 13.6. The van der Waals surface area contributed by atoms with Crippen molar-refractivity contribution in [3.05, 3.63) is 0 Å². The molecule has 1 saturated heterocycles. The van der Waals surface area contributed by atoms with Crippen LogP contribution in [0, 0.1) is 11.3 Å². The fraction of sp³-hybridized carbons (Fsp3) is 0.846. The minimum absolute atomic E-state index is 0.0140. The number of carbonyl (C=O) groups is 2. The molecule has 1 aliphatic heterocycles. The van der Waals surface area contributed by atoms with Crippen LogP contribution >= 0.6 is 0 Å². The number of hydrogen-bond acceptors (Lipinski definition) is 4. The molecule has 1 heterocycles. The van der Waals surface area contributed by atoms with Gasteiger partial charge in [0.2, 0.25) is 5.91 Å². The molecule has 104 valence electrons. The van der Waals surface area contributed by atoms with E-state index in [1.54, 1.807) is 0 Å². The first kappa shape index (κ1) is 15.0. The Morgan fingerprint density at radius 1 is 1.44 bits per heavy atom. The number of ether oxygens (including phenoxy) is 1. The van der Waals surface area contributed by atoms with E-state index in [0.717, 1.165) is 25.9 Å². The number of methoxy groups -OCH3 is 1. The van der Waals surface area contributed by atoms with Crippen molar-refractivity contribution >= 4 is 11.9 Å². The highest BCUT2D eigenvalue weighted by molar-refractivity contribution is 5.82. The summed E-state index contributed by atoms with van der Waals surface area (Å²) in [4.78, 5) is 23.1. The van der Waals surface area contributed by atoms with E-state index < -0.39 is 5.41 Å². The number of hydrogen-bond donors (Lipinski definition) is 2. The molecule has 1 unspecified atom stereocenters. The quantitative estimate of drug-likeness (QED) is 0.710. The molecule has 0 aromatic rings. The molecule has 0 aliphatic carbocycles. The molecule has 1 rings (SSSR count). The second-order valence-electron chi connectivity index (χ2n) is 5.35. The Labute approximate surface area is 109 Å². The molecule has 1 aliphatic rings. The Balaban J connectivity index is 2.40. The first-order valence-electron chi connectivity index (χ1n) is 6.54. The lowest BCUT2D eigenvalue weighted by Gasteiger charge is -2.36. The second-order valence-corrected chi connectivity index (χ2v) is 5.35. The summed E-state index contributed by atoms with van der Waals surface area (Å²) in [6.07, 6.45) is 2.41. The third-order valence-corrected chi connectivity index (χ3v) is 3.75. The van der Waals surface area contributed by atoms with Gasteiger partial charge < -0.3 is 15.4 Å². The first-order chi connectivity index (χ1) is 8.48. The summed E-state index contributed by atoms with van der Waals surface area (Å²) in [7, 11) is 1.35. The number of amides is 1. The van der Waals surface area contributed by atoms with Gasteiger partial charge in [-0.3, -0.25) is 9.59 Å². The van der Waals surface area contributed by atoms with Gasteiger partial charge in [0, 0.05) is 12.0 Å². The Kier molecular flexibility index (Phi) is 5.59. The smallest absolute Gasteiger partial charge is 0.307 e. The van der Waals surface area contributed by atoms with Gasteiger partial charge in [0.25, 0.3) is 0 Å². The molecule has 0 radical (unpaired) electrons. The minimum atomic E-state index is -0.399. The highest BCUT2D eigenvalue weighted by Crippen LogP contribution is 2.31. The second kappa shape index (κ2) is 6.73. The van der Waals surface area contributed by atoms with Crippen LogP contribution in [0.4, 0.5) is 0 Å². The van der Waals surface area contributed by atoms with Crippen LogP contribution in [0.2, 0.25) is 0 Å². The summed E-state index contributed by atoms with van der Waals surface area (Å²) in [5.74, 6) is 0.0666. The molecule has 0 aromatic carbocycles. The van der Waals surface area contributed by atoms with E-state index in [9.17, 15) is 9.59 Å². The van der Waals surface area contributed by atoms with Crippen LogP contribution in [0.15, 0.2) is 0 Å². The Morgan fingerprint density at radius 3 is 2.72 bits per heavy atom. The summed E-state index contributed by atoms with van der Waals surface area (Å²) >= 11 is 0. The topological polar surface area (TPSA) is 67.4 Å². The van der Waals surface area contributed by atoms with Crippen LogP contribution in [0.3, 0.4) is 0 Å². The van der Waals surface area contributed by atoms with Gasteiger partial charge in [-0.25, -0.2) is 0 Å². The molecule has 0 bridgehead atoms. The SMILES string of the molecule is COC(=O)CCNC(=O)C(C)(C)C1CCCNC1. The zero-order valence-electron chi connectivity index (χ0n) is 11.5. The van der Waals surface area contributed by atoms with Gasteiger partial charge in [-0.05, 0) is 31.8 Å². The summed E-state index contributed by atoms with van der Waals surface area (Å²) in [6.45, 7) is 6.21. The van der Waals surface area contributed by atoms with E-state index in [-0.39, 0.29) is 18.3 Å². The van der Waals surface area contributed by atoms with E-state index in [1.807, 2.05) is 13.8 Å². The van der Waals surface area contributed by atoms with Crippen LogP contribution in [0.25, 0.3) is 0 Å². The molecular formula is C13H24N2O3. The van der Waals surface area contributed by atoms with Crippen LogP contribution < -0.4 is 10.6 Å². The Morgan fingerprint density at radius 2 is 2.17 bits per heavy atom. The third-order valence-electron chi connectivity index (χ3n) is 3.75. The summed E-state index contributed by atoms with van der Waals surface area (Å²) in [6, 6.07) is 0. The fourth-order valence-corrected chi connectivity index (χ4v) is 2.26. The van der Waals surface area contributed by atoms with Gasteiger partial charge in [-0.15, -0.1) is 0 Å². The van der Waals surface area contributed by atoms with Crippen molar-refractivity contribution < 1.29 is 14.3 Å². The monoisotopic (exact) mass is 256 g/mol. The fourth-order valence-electron chi connectivity index (χ4n) is 2.26. The highest BCUT2D eigenvalue weighted by Gasteiger charge is 2.36. The molecule has 0 aromatic heterocycles. The highest BCUT2D eigenvalue weighted by atomic mass is 16.5. The van der Waals surface area contributed by atoms with E-state index in [4.69, 9.17) is 0 Å². The van der Waals surface area contributed by atoms with Crippen LogP contribution in [-0.2, 0) is 14.3 Å². The van der Waals surface area contributed by atoms with Gasteiger partial charge in [-0.2, -0.15) is 0 Å². The lowest BCUT2D eigenvalue weighted by Crippen LogP contribution is -2.47. The zero-order valence-corrected chi connectivity index (χ0v) is 11.5. The summed E-state index contributed by atoms with van der Waals surface area (Å²) in [5, 5.41) is 6.14. The van der Waals surface area contributed by atoms with Crippen molar-refractivity contribution in [2.75, 3.05) is 26.7 Å². The van der Waals surface area contributed by atoms with Gasteiger partial charge in [0.1, 0.15) is 0 Å². The predicted octanol–water partition coefficient (Wildman–Crippen LogP) is 0.691. The van der Waals surface area contributed by atoms with E-state index in [2.05, 4.69) is 15.4 Å². The van der Waals surface area contributed by atoms with Crippen molar-refractivity contribution in [2.45, 2.75) is 33.1 Å². The van der Waals surface area contributed by atoms with Crippen molar-refractivity contribution in [1.29, 1.82) is 0 Å². The molecule has 1 amide bonds. The van der Waals surface area contributed by atoms with Crippen molar-refractivity contribution in [2.24, 2.45) is 11.3 Å². The molecule has 2 N–H and O–H groups in total. The van der Waals surface area contributed by atoms with Crippen LogP contribution in [0.5, 0.6) is 0 Å². The third kappa shape index (κ3) is 3.98. The first-order valence-corrected chi connectivity index (χ1v) is 6.54. The van der Waals surface area contributed by atoms with Gasteiger partial charge in [0.15, 0.2) is 0 Å². The van der Waals surface area contributed by atoms with E-state index in [1.165, 1.54) is 7.11 Å². The number of piperidine rings is 1. The molecule has 5 heteroatoms. The normalized spacial score (nSPS) is 20.3. The molecule has 5 nitrogen and oxygen atoms in total. The predicted molar refractivity (Wildman–Crippen MR) is 69.0 cm³/mol. The molecular weight excluding hydrogens is 232 g/mol. The number of esters is 1. The summed E-state index contributed by atoms with van der Waals surface area (Å²) < 4.78 is 4.53. The average Bonchev–Trinajstić information content (AvgIpc) is 2.39. The lowest BCUT2D eigenvalue weighted by atomic mass is 9.74. The molecule has 1 atom stereocenters. The molecule has 0 saturated carbocycles. The lowest BCUT2D eigenvalue weighted by molar-refractivity contribution is -0.140. The van der Waals surface area contributed by atoms with Crippen LogP contribution in [-0.4, -0.2) is 38.6 Å². The van der Waals surface area contributed by atoms with Gasteiger partial charge in [-0.1, -0.05) is 13.8 Å². The number of nitrogens with one attached hydrogen (secondary N) is 2. The van der Waals surface area contributed by atoms with Crippen LogP contribution in [0.1, 0.15) is 33.1 Å². The average molecular weight is 256 g/mol. The maximum atomic E-state index is 12.1. The maximum absolute atomic E-state index is 12.1. The molecule has 0 spiro atoms. The Bertz CT molecular complexity index is 297. The number of carbonyl (C=O) groups excluding carboxylic acids is 2. The molecule has 18 heavy (non-hydrogen) atoms. The largest absolute Gasteiger partial charge is 0.469 e. The standard InChI is InChI=1S/C13H24N2O3/c1-13(2,10-5-4-7-14-9-10)12(17)15-8-6-11(16)18-3/h10,14H,4-9H2,1-3H3,(H,15,17). The van der Waals surface area contributed by atoms with E-state index >= 15 is 0 Å². The molecule has 1 fully saturated rings. The van der Waals surface area contributed by atoms with Gasteiger partial charge in [0.05, 0.1) is 13.5 Å². The van der Waals surface area contributed by atoms with Crippen molar-refractivity contribution in [3.8, 4) is 0 Å². The van der Waals surface area contributed by atoms with Gasteiger partial charge >= 0.3 is 5.97 Å². The van der Waals surface area contributed by atoms with E-state index in [0.29, 0.717) is 12.5 Å². The summed E-state index contributed by atoms with van der Waals surface area (Å²) in [5.41, 5.74) is -0.399. The van der Waals surface area contributed by atoms with Crippen molar-refractivity contribution in [1.82, 2.24) is 10.6 Å². The Hall–Kier alpha value is -1.10. The maximum Gasteiger partial charge on any atom is 0.307 e.